The summed E-state index contributed by atoms with van der Waals surface area (Å²) < 4.78 is 49.5. The average molecular weight is 278 g/mol. The van der Waals surface area contributed by atoms with Gasteiger partial charge in [-0.15, -0.1) is 0 Å². The van der Waals surface area contributed by atoms with Gasteiger partial charge in [-0.1, -0.05) is 12.1 Å². The molecule has 0 saturated carbocycles. The van der Waals surface area contributed by atoms with Gasteiger partial charge < -0.3 is 9.05 Å². The summed E-state index contributed by atoms with van der Waals surface area (Å²) in [5.74, 6) is -2.53. The summed E-state index contributed by atoms with van der Waals surface area (Å²) in [5, 5.41) is 0. The predicted octanol–water partition coefficient (Wildman–Crippen LogP) is 4.37. The van der Waals surface area contributed by atoms with Crippen molar-refractivity contribution in [2.45, 2.75) is 26.7 Å². The van der Waals surface area contributed by atoms with Crippen molar-refractivity contribution >= 4 is 7.60 Å². The van der Waals surface area contributed by atoms with Crippen molar-refractivity contribution in [3.05, 3.63) is 35.1 Å². The van der Waals surface area contributed by atoms with Gasteiger partial charge in [0.25, 0.3) is 0 Å². The summed E-state index contributed by atoms with van der Waals surface area (Å²) in [6.07, 6.45) is 0. The van der Waals surface area contributed by atoms with Gasteiger partial charge >= 0.3 is 7.60 Å². The van der Waals surface area contributed by atoms with Crippen LogP contribution in [0.1, 0.15) is 30.9 Å². The molecule has 1 unspecified atom stereocenters. The fourth-order valence-corrected chi connectivity index (χ4v) is 3.05. The van der Waals surface area contributed by atoms with Crippen LogP contribution in [0.25, 0.3) is 0 Å². The molecule has 0 aliphatic carbocycles. The highest BCUT2D eigenvalue weighted by Crippen LogP contribution is 2.61. The molecule has 0 aromatic heterocycles. The van der Waals surface area contributed by atoms with E-state index in [0.717, 1.165) is 6.07 Å². The van der Waals surface area contributed by atoms with Crippen molar-refractivity contribution in [2.75, 3.05) is 13.2 Å². The van der Waals surface area contributed by atoms with Crippen LogP contribution in [0.4, 0.5) is 8.78 Å². The second-order valence-electron chi connectivity index (χ2n) is 3.72. The molecule has 18 heavy (non-hydrogen) atoms. The van der Waals surface area contributed by atoms with Crippen molar-refractivity contribution in [3.8, 4) is 0 Å². The first-order valence-corrected chi connectivity index (χ1v) is 7.34. The number of hydrogen-bond donors (Lipinski definition) is 0. The maximum absolute atomic E-state index is 14.2. The second kappa shape index (κ2) is 6.41. The van der Waals surface area contributed by atoms with Gasteiger partial charge in [-0.25, -0.2) is 8.78 Å². The molecule has 0 amide bonds. The molecule has 6 heteroatoms. The van der Waals surface area contributed by atoms with E-state index < -0.39 is 19.3 Å². The summed E-state index contributed by atoms with van der Waals surface area (Å²) in [6, 6.07) is 3.83. The Morgan fingerprint density at radius 2 is 1.83 bits per heavy atom. The minimum Gasteiger partial charge on any atom is -0.307 e. The molecule has 0 aliphatic rings. The van der Waals surface area contributed by atoms with Crippen LogP contribution >= 0.6 is 7.60 Å². The van der Waals surface area contributed by atoms with Crippen LogP contribution < -0.4 is 0 Å². The zero-order valence-corrected chi connectivity index (χ0v) is 11.5. The third kappa shape index (κ3) is 3.37. The molecule has 0 heterocycles. The Kier molecular flexibility index (Phi) is 5.45. The molecule has 102 valence electrons. The molecule has 1 aromatic carbocycles. The Morgan fingerprint density at radius 1 is 1.28 bits per heavy atom. The molecule has 3 nitrogen and oxygen atoms in total. The highest BCUT2D eigenvalue weighted by molar-refractivity contribution is 7.54. The first kappa shape index (κ1) is 15.3. The summed E-state index contributed by atoms with van der Waals surface area (Å²) in [4.78, 5) is 0. The van der Waals surface area contributed by atoms with E-state index >= 15 is 0 Å². The fraction of sp³-hybridized carbons (Fsp3) is 0.500. The lowest BCUT2D eigenvalue weighted by atomic mass is 10.1. The molecule has 0 radical (unpaired) electrons. The standard InChI is InChI=1S/C12H17F2O3P/c1-4-16-18(15,17-5-2)12(14)10-7-6-9(3)11(13)8-10/h6-8,12H,4-5H2,1-3H3. The third-order valence-electron chi connectivity index (χ3n) is 2.37. The summed E-state index contributed by atoms with van der Waals surface area (Å²) in [6.45, 7) is 4.87. The molecular weight excluding hydrogens is 261 g/mol. The highest BCUT2D eigenvalue weighted by Gasteiger charge is 2.37. The smallest absolute Gasteiger partial charge is 0.307 e. The van der Waals surface area contributed by atoms with Crippen LogP contribution in [0.15, 0.2) is 18.2 Å². The number of alkyl halides is 1. The molecule has 1 aromatic rings. The minimum absolute atomic E-state index is 0.0386. The molecule has 0 saturated heterocycles. The zero-order chi connectivity index (χ0) is 13.8. The molecule has 0 aliphatic heterocycles. The lowest BCUT2D eigenvalue weighted by molar-refractivity contribution is 0.190. The van der Waals surface area contributed by atoms with Crippen molar-refractivity contribution in [1.82, 2.24) is 0 Å². The zero-order valence-electron chi connectivity index (χ0n) is 10.7. The quantitative estimate of drug-likeness (QED) is 0.725. The van der Waals surface area contributed by atoms with Gasteiger partial charge in [0.2, 0.25) is 5.91 Å². The molecule has 0 fully saturated rings. The number of benzene rings is 1. The van der Waals surface area contributed by atoms with E-state index in [1.165, 1.54) is 12.1 Å². The fourth-order valence-electron chi connectivity index (χ4n) is 1.47. The van der Waals surface area contributed by atoms with E-state index in [-0.39, 0.29) is 18.8 Å². The topological polar surface area (TPSA) is 35.5 Å². The Morgan fingerprint density at radius 3 is 2.28 bits per heavy atom. The van der Waals surface area contributed by atoms with Crippen LogP contribution in [-0.4, -0.2) is 13.2 Å². The Hall–Kier alpha value is -0.770. The number of rotatable bonds is 6. The average Bonchev–Trinajstić information content (AvgIpc) is 2.32. The minimum atomic E-state index is -3.90. The van der Waals surface area contributed by atoms with Crippen LogP contribution in [-0.2, 0) is 13.6 Å². The molecule has 1 atom stereocenters. The largest absolute Gasteiger partial charge is 0.369 e. The number of hydrogen-bond acceptors (Lipinski definition) is 3. The Balaban J connectivity index is 3.05. The van der Waals surface area contributed by atoms with Gasteiger partial charge in [-0.3, -0.25) is 4.57 Å². The first-order valence-electron chi connectivity index (χ1n) is 5.73. The van der Waals surface area contributed by atoms with Gasteiger partial charge in [-0.05, 0) is 32.4 Å². The second-order valence-corrected chi connectivity index (χ2v) is 5.77. The predicted molar refractivity (Wildman–Crippen MR) is 65.8 cm³/mol. The Labute approximate surface area is 106 Å². The molecule has 1 rings (SSSR count). The maximum atomic E-state index is 14.2. The van der Waals surface area contributed by atoms with Crippen molar-refractivity contribution in [3.63, 3.8) is 0 Å². The van der Waals surface area contributed by atoms with Crippen LogP contribution in [0.2, 0.25) is 0 Å². The summed E-state index contributed by atoms with van der Waals surface area (Å²) in [7, 11) is -3.90. The van der Waals surface area contributed by atoms with Gasteiger partial charge in [0.05, 0.1) is 13.2 Å². The van der Waals surface area contributed by atoms with Crippen molar-refractivity contribution in [2.24, 2.45) is 0 Å². The van der Waals surface area contributed by atoms with E-state index in [4.69, 9.17) is 9.05 Å². The monoisotopic (exact) mass is 278 g/mol. The van der Waals surface area contributed by atoms with E-state index in [0.29, 0.717) is 5.56 Å². The van der Waals surface area contributed by atoms with E-state index in [1.54, 1.807) is 20.8 Å². The van der Waals surface area contributed by atoms with Crippen LogP contribution in [0, 0.1) is 12.7 Å². The molecule has 0 spiro atoms. The number of halogens is 2. The SMILES string of the molecule is CCOP(=O)(OCC)C(F)c1ccc(C)c(F)c1. The van der Waals surface area contributed by atoms with Gasteiger partial charge in [0.1, 0.15) is 5.82 Å². The van der Waals surface area contributed by atoms with Gasteiger partial charge in [-0.2, -0.15) is 0 Å². The summed E-state index contributed by atoms with van der Waals surface area (Å²) >= 11 is 0. The van der Waals surface area contributed by atoms with Crippen LogP contribution in [0.5, 0.6) is 0 Å². The third-order valence-corrected chi connectivity index (χ3v) is 4.46. The summed E-state index contributed by atoms with van der Waals surface area (Å²) in [5.41, 5.74) is 0.358. The Bertz CT molecular complexity index is 441. The van der Waals surface area contributed by atoms with E-state index in [2.05, 4.69) is 0 Å². The highest BCUT2D eigenvalue weighted by atomic mass is 31.2. The molecular formula is C12H17F2O3P. The van der Waals surface area contributed by atoms with E-state index in [1.807, 2.05) is 0 Å². The van der Waals surface area contributed by atoms with Crippen molar-refractivity contribution < 1.29 is 22.4 Å². The van der Waals surface area contributed by atoms with Gasteiger partial charge in [0.15, 0.2) is 0 Å². The van der Waals surface area contributed by atoms with Gasteiger partial charge in [0, 0.05) is 5.56 Å². The molecule has 0 bridgehead atoms. The van der Waals surface area contributed by atoms with E-state index in [9.17, 15) is 13.3 Å². The van der Waals surface area contributed by atoms with Crippen LogP contribution in [0.3, 0.4) is 0 Å². The molecule has 0 N–H and O–H groups in total. The van der Waals surface area contributed by atoms with Crippen molar-refractivity contribution in [1.29, 1.82) is 0 Å². The maximum Gasteiger partial charge on any atom is 0.369 e. The first-order chi connectivity index (χ1) is 8.44. The normalized spacial score (nSPS) is 13.6. The number of aryl methyl sites for hydroxylation is 1. The lowest BCUT2D eigenvalue weighted by Crippen LogP contribution is -2.03. The lowest BCUT2D eigenvalue weighted by Gasteiger charge is -2.21.